The first-order chi connectivity index (χ1) is 22.0. The fraction of sp³-hybridized carbons (Fsp3) is 0.0909. The zero-order valence-electron chi connectivity index (χ0n) is 25.4. The molecule has 7 aromatic carbocycles. The highest BCUT2D eigenvalue weighted by molar-refractivity contribution is 5.94. The second kappa shape index (κ2) is 9.55. The van der Waals surface area contributed by atoms with Gasteiger partial charge in [0.15, 0.2) is 0 Å². The zero-order valence-corrected chi connectivity index (χ0v) is 25.4. The molecule has 1 aliphatic carbocycles. The van der Waals surface area contributed by atoms with Crippen LogP contribution in [0.2, 0.25) is 0 Å². The molecule has 2 aliphatic rings. The molecule has 0 N–H and O–H groups in total. The largest absolute Gasteiger partial charge is 0.457 e. The highest BCUT2D eigenvalue weighted by atomic mass is 16.5. The van der Waals surface area contributed by atoms with Crippen LogP contribution in [0.1, 0.15) is 47.2 Å². The van der Waals surface area contributed by atoms with Crippen molar-refractivity contribution in [2.45, 2.75) is 24.7 Å². The zero-order chi connectivity index (χ0) is 30.2. The first-order valence-electron chi connectivity index (χ1n) is 15.8. The monoisotopic (exact) mass is 576 g/mol. The fourth-order valence-corrected chi connectivity index (χ4v) is 7.99. The Morgan fingerprint density at radius 3 is 1.64 bits per heavy atom. The maximum Gasteiger partial charge on any atom is 0.132 e. The van der Waals surface area contributed by atoms with E-state index in [2.05, 4.69) is 172 Å². The van der Waals surface area contributed by atoms with Crippen molar-refractivity contribution >= 4 is 10.8 Å². The summed E-state index contributed by atoms with van der Waals surface area (Å²) >= 11 is 0. The van der Waals surface area contributed by atoms with Gasteiger partial charge < -0.3 is 4.74 Å². The summed E-state index contributed by atoms with van der Waals surface area (Å²) in [6.45, 7) is 4.73. The average molecular weight is 577 g/mol. The van der Waals surface area contributed by atoms with E-state index in [0.29, 0.717) is 0 Å². The summed E-state index contributed by atoms with van der Waals surface area (Å²) in [5.74, 6) is 1.79. The Bertz CT molecular complexity index is 2220. The minimum Gasteiger partial charge on any atom is -0.457 e. The summed E-state index contributed by atoms with van der Waals surface area (Å²) in [4.78, 5) is 0. The molecule has 0 spiro atoms. The van der Waals surface area contributed by atoms with Crippen molar-refractivity contribution in [1.29, 1.82) is 0 Å². The van der Waals surface area contributed by atoms with Crippen LogP contribution in [-0.2, 0) is 10.8 Å². The molecule has 1 heterocycles. The summed E-state index contributed by atoms with van der Waals surface area (Å²) in [6, 6.07) is 57.6. The SMILES string of the molecule is CC1(C)c2cc(-c3ccc4c(c3)C(c3ccccc3)(c3ccccc3)c3ccccc3O4)ccc2-c2cc3ccccc3cc21. The Labute approximate surface area is 264 Å². The Kier molecular flexibility index (Phi) is 5.53. The fourth-order valence-electron chi connectivity index (χ4n) is 7.99. The van der Waals surface area contributed by atoms with Crippen LogP contribution >= 0.6 is 0 Å². The van der Waals surface area contributed by atoms with Crippen LogP contribution < -0.4 is 4.74 Å². The van der Waals surface area contributed by atoms with E-state index in [1.54, 1.807) is 0 Å². The van der Waals surface area contributed by atoms with Crippen LogP contribution in [0.15, 0.2) is 158 Å². The normalized spacial score (nSPS) is 15.0. The molecule has 0 saturated carbocycles. The highest BCUT2D eigenvalue weighted by Gasteiger charge is 2.45. The van der Waals surface area contributed by atoms with Crippen molar-refractivity contribution in [3.8, 4) is 33.8 Å². The summed E-state index contributed by atoms with van der Waals surface area (Å²) < 4.78 is 6.65. The van der Waals surface area contributed by atoms with Gasteiger partial charge in [-0.05, 0) is 91.7 Å². The van der Waals surface area contributed by atoms with Crippen LogP contribution in [0.5, 0.6) is 11.5 Å². The van der Waals surface area contributed by atoms with Crippen molar-refractivity contribution in [3.05, 3.63) is 191 Å². The van der Waals surface area contributed by atoms with Crippen molar-refractivity contribution in [1.82, 2.24) is 0 Å². The van der Waals surface area contributed by atoms with E-state index in [-0.39, 0.29) is 5.41 Å². The Balaban J connectivity index is 1.27. The maximum absolute atomic E-state index is 6.65. The standard InChI is InChI=1S/C44H32O/c1-43(2)38-27-31(21-23-35(38)36-25-29-13-9-10-14-30(29)26-39(36)43)32-22-24-42-40(28-32)44(33-15-5-3-6-16-33,34-17-7-4-8-18-34)37-19-11-12-20-41(37)45-42/h3-28H,1-2H3. The van der Waals surface area contributed by atoms with Gasteiger partial charge in [0.05, 0.1) is 5.41 Å². The lowest BCUT2D eigenvalue weighted by molar-refractivity contribution is 0.434. The lowest BCUT2D eigenvalue weighted by Gasteiger charge is -2.41. The number of hydrogen-bond acceptors (Lipinski definition) is 1. The number of benzene rings is 7. The molecule has 0 radical (unpaired) electrons. The van der Waals surface area contributed by atoms with E-state index in [9.17, 15) is 0 Å². The van der Waals surface area contributed by atoms with Gasteiger partial charge in [-0.15, -0.1) is 0 Å². The molecule has 0 fully saturated rings. The number of rotatable bonds is 3. The first kappa shape index (κ1) is 26.0. The summed E-state index contributed by atoms with van der Waals surface area (Å²) in [5.41, 5.74) is 12.0. The van der Waals surface area contributed by atoms with Crippen LogP contribution in [-0.4, -0.2) is 0 Å². The van der Waals surface area contributed by atoms with E-state index < -0.39 is 5.41 Å². The molecule has 0 bridgehead atoms. The van der Waals surface area contributed by atoms with Gasteiger partial charge in [-0.25, -0.2) is 0 Å². The molecule has 1 aliphatic heterocycles. The molecule has 9 rings (SSSR count). The van der Waals surface area contributed by atoms with Gasteiger partial charge in [0, 0.05) is 16.5 Å². The molecule has 0 unspecified atom stereocenters. The molecule has 1 heteroatoms. The number of fused-ring (bicyclic) bond motifs is 6. The summed E-state index contributed by atoms with van der Waals surface area (Å²) in [5, 5.41) is 2.59. The summed E-state index contributed by atoms with van der Waals surface area (Å²) in [6.07, 6.45) is 0. The molecule has 0 atom stereocenters. The molecule has 214 valence electrons. The van der Waals surface area contributed by atoms with Crippen LogP contribution in [0.4, 0.5) is 0 Å². The topological polar surface area (TPSA) is 9.23 Å². The Hall–Kier alpha value is -5.40. The van der Waals surface area contributed by atoms with E-state index in [4.69, 9.17) is 4.74 Å². The van der Waals surface area contributed by atoms with Crippen LogP contribution in [0.25, 0.3) is 33.0 Å². The van der Waals surface area contributed by atoms with Gasteiger partial charge in [0.1, 0.15) is 11.5 Å². The second-order valence-corrected chi connectivity index (χ2v) is 12.9. The third-order valence-corrected chi connectivity index (χ3v) is 10.2. The van der Waals surface area contributed by atoms with Gasteiger partial charge in [0.2, 0.25) is 0 Å². The third-order valence-electron chi connectivity index (χ3n) is 10.2. The lowest BCUT2D eigenvalue weighted by atomic mass is 9.63. The number of hydrogen-bond donors (Lipinski definition) is 0. The van der Waals surface area contributed by atoms with Crippen molar-refractivity contribution in [2.24, 2.45) is 0 Å². The third kappa shape index (κ3) is 3.68. The lowest BCUT2D eigenvalue weighted by Crippen LogP contribution is -2.34. The summed E-state index contributed by atoms with van der Waals surface area (Å²) in [7, 11) is 0. The molecular weight excluding hydrogens is 544 g/mol. The maximum atomic E-state index is 6.65. The van der Waals surface area contributed by atoms with Crippen LogP contribution in [0.3, 0.4) is 0 Å². The first-order valence-corrected chi connectivity index (χ1v) is 15.8. The van der Waals surface area contributed by atoms with Gasteiger partial charge >= 0.3 is 0 Å². The minimum atomic E-state index is -0.533. The highest BCUT2D eigenvalue weighted by Crippen LogP contribution is 2.56. The van der Waals surface area contributed by atoms with E-state index in [1.807, 2.05) is 0 Å². The predicted octanol–water partition coefficient (Wildman–Crippen LogP) is 11.3. The molecule has 0 amide bonds. The average Bonchev–Trinajstić information content (AvgIpc) is 3.31. The predicted molar refractivity (Wildman–Crippen MR) is 185 cm³/mol. The van der Waals surface area contributed by atoms with E-state index in [0.717, 1.165) is 22.6 Å². The minimum absolute atomic E-state index is 0.0984. The van der Waals surface area contributed by atoms with Crippen molar-refractivity contribution in [3.63, 3.8) is 0 Å². The van der Waals surface area contributed by atoms with Gasteiger partial charge in [0.25, 0.3) is 0 Å². The van der Waals surface area contributed by atoms with Crippen molar-refractivity contribution in [2.75, 3.05) is 0 Å². The van der Waals surface area contributed by atoms with Gasteiger partial charge in [-0.3, -0.25) is 0 Å². The Morgan fingerprint density at radius 2 is 0.933 bits per heavy atom. The number of para-hydroxylation sites is 1. The molecule has 7 aromatic rings. The number of ether oxygens (including phenoxy) is 1. The molecular formula is C44H32O. The molecule has 0 aromatic heterocycles. The van der Waals surface area contributed by atoms with E-state index in [1.165, 1.54) is 55.3 Å². The second-order valence-electron chi connectivity index (χ2n) is 12.9. The quantitative estimate of drug-likeness (QED) is 0.203. The van der Waals surface area contributed by atoms with Crippen molar-refractivity contribution < 1.29 is 4.74 Å². The molecule has 45 heavy (non-hydrogen) atoms. The Morgan fingerprint density at radius 1 is 0.400 bits per heavy atom. The van der Waals surface area contributed by atoms with E-state index >= 15 is 0 Å². The van der Waals surface area contributed by atoms with Gasteiger partial charge in [-0.1, -0.05) is 135 Å². The van der Waals surface area contributed by atoms with Gasteiger partial charge in [-0.2, -0.15) is 0 Å². The molecule has 0 saturated heterocycles. The van der Waals surface area contributed by atoms with Crippen LogP contribution in [0, 0.1) is 0 Å². The molecule has 1 nitrogen and oxygen atoms in total. The smallest absolute Gasteiger partial charge is 0.132 e.